The van der Waals surface area contributed by atoms with Gasteiger partial charge in [0, 0.05) is 63.4 Å². The minimum absolute atomic E-state index is 0.0612. The fraction of sp³-hybridized carbons (Fsp3) is 0.440. The molecule has 1 amide bonds. The Morgan fingerprint density at radius 2 is 2.00 bits per heavy atom. The summed E-state index contributed by atoms with van der Waals surface area (Å²) in [6.07, 6.45) is 7.60. The predicted molar refractivity (Wildman–Crippen MR) is 147 cm³/mol. The van der Waals surface area contributed by atoms with E-state index in [1.54, 1.807) is 21.6 Å². The molecular formula is C25H30N12OS. The van der Waals surface area contributed by atoms with E-state index in [9.17, 15) is 10.1 Å². The van der Waals surface area contributed by atoms with Crippen molar-refractivity contribution in [2.75, 3.05) is 56.5 Å². The fourth-order valence-electron chi connectivity index (χ4n) is 5.14. The highest BCUT2D eigenvalue weighted by Crippen LogP contribution is 2.38. The number of fused-ring (bicyclic) bond motifs is 1. The first-order valence-electron chi connectivity index (χ1n) is 12.8. The number of hydrogen-bond donors (Lipinski definition) is 2. The van der Waals surface area contributed by atoms with Crippen LogP contribution in [0.5, 0.6) is 0 Å². The molecule has 13 nitrogen and oxygen atoms in total. The molecule has 2 fully saturated rings. The monoisotopic (exact) mass is 546 g/mol. The first-order chi connectivity index (χ1) is 18.8. The van der Waals surface area contributed by atoms with Gasteiger partial charge in [-0.15, -0.1) is 17.7 Å². The Kier molecular flexibility index (Phi) is 6.40. The lowest BCUT2D eigenvalue weighted by atomic mass is 9.86. The lowest BCUT2D eigenvalue weighted by Gasteiger charge is -2.50. The molecule has 6 rings (SSSR count). The zero-order chi connectivity index (χ0) is 27.1. The Labute approximate surface area is 231 Å². The highest BCUT2D eigenvalue weighted by atomic mass is 32.1. The summed E-state index contributed by atoms with van der Waals surface area (Å²) >= 11 is 4.43. The van der Waals surface area contributed by atoms with Crippen molar-refractivity contribution in [3.8, 4) is 6.07 Å². The molecule has 0 radical (unpaired) electrons. The largest absolute Gasteiger partial charge is 0.363 e. The van der Waals surface area contributed by atoms with E-state index in [1.165, 1.54) is 0 Å². The van der Waals surface area contributed by atoms with Crippen molar-refractivity contribution >= 4 is 41.5 Å². The molecule has 6 heterocycles. The quantitative estimate of drug-likeness (QED) is 0.330. The molecule has 2 aliphatic rings. The van der Waals surface area contributed by atoms with Crippen molar-refractivity contribution in [2.45, 2.75) is 30.5 Å². The van der Waals surface area contributed by atoms with Crippen LogP contribution >= 0.6 is 12.6 Å². The normalized spacial score (nSPS) is 17.3. The Bertz CT molecular complexity index is 1530. The van der Waals surface area contributed by atoms with Gasteiger partial charge in [-0.05, 0) is 26.1 Å². The summed E-state index contributed by atoms with van der Waals surface area (Å²) in [4.78, 5) is 23.7. The van der Waals surface area contributed by atoms with Crippen LogP contribution in [0.15, 0.2) is 41.9 Å². The molecule has 0 spiro atoms. The van der Waals surface area contributed by atoms with Gasteiger partial charge in [-0.25, -0.2) is 4.52 Å². The van der Waals surface area contributed by atoms with Gasteiger partial charge in [0.05, 0.1) is 30.1 Å². The fourth-order valence-corrected chi connectivity index (χ4v) is 5.30. The number of aryl methyl sites for hydroxylation is 1. The zero-order valence-electron chi connectivity index (χ0n) is 21.9. The number of likely N-dealkylation sites (N-methyl/N-ethyl adjacent to an activating group) is 1. The van der Waals surface area contributed by atoms with Crippen LogP contribution in [-0.4, -0.2) is 96.2 Å². The minimum Gasteiger partial charge on any atom is -0.363 e. The Morgan fingerprint density at radius 1 is 1.21 bits per heavy atom. The van der Waals surface area contributed by atoms with Gasteiger partial charge in [-0.2, -0.15) is 20.4 Å². The van der Waals surface area contributed by atoms with Crippen molar-refractivity contribution in [3.63, 3.8) is 0 Å². The molecule has 39 heavy (non-hydrogen) atoms. The number of nitrogens with zero attached hydrogens (tertiary/aromatic N) is 11. The number of aromatic nitrogens is 7. The maximum absolute atomic E-state index is 12.7. The molecule has 0 bridgehead atoms. The van der Waals surface area contributed by atoms with Crippen LogP contribution in [0.1, 0.15) is 12.0 Å². The summed E-state index contributed by atoms with van der Waals surface area (Å²) in [7, 11) is 2.06. The van der Waals surface area contributed by atoms with Gasteiger partial charge in [0.1, 0.15) is 17.1 Å². The van der Waals surface area contributed by atoms with Crippen molar-refractivity contribution in [2.24, 2.45) is 0 Å². The highest BCUT2D eigenvalue weighted by molar-refractivity contribution is 7.80. The van der Waals surface area contributed by atoms with Gasteiger partial charge in [0.2, 0.25) is 11.9 Å². The summed E-state index contributed by atoms with van der Waals surface area (Å²) in [5.41, 5.74) is 2.90. The van der Waals surface area contributed by atoms with Gasteiger partial charge in [-0.1, -0.05) is 0 Å². The van der Waals surface area contributed by atoms with Crippen LogP contribution < -0.4 is 10.2 Å². The van der Waals surface area contributed by atoms with E-state index in [1.807, 2.05) is 41.0 Å². The topological polar surface area (TPSA) is 128 Å². The van der Waals surface area contributed by atoms with Crippen molar-refractivity contribution in [1.29, 1.82) is 5.26 Å². The highest BCUT2D eigenvalue weighted by Gasteiger charge is 2.46. The van der Waals surface area contributed by atoms with Crippen LogP contribution in [0.25, 0.3) is 5.65 Å². The average Bonchev–Trinajstić information content (AvgIpc) is 3.60. The number of amides is 1. The van der Waals surface area contributed by atoms with Crippen molar-refractivity contribution in [3.05, 3.63) is 42.5 Å². The van der Waals surface area contributed by atoms with Gasteiger partial charge in [0.15, 0.2) is 5.65 Å². The van der Waals surface area contributed by atoms with Crippen LogP contribution in [0.2, 0.25) is 0 Å². The van der Waals surface area contributed by atoms with Crippen LogP contribution in [0.4, 0.5) is 17.3 Å². The second kappa shape index (κ2) is 9.90. The van der Waals surface area contributed by atoms with Crippen molar-refractivity contribution in [1.82, 2.24) is 44.0 Å². The molecule has 2 aliphatic heterocycles. The lowest BCUT2D eigenvalue weighted by molar-refractivity contribution is -0.133. The Hall–Kier alpha value is -4.09. The van der Waals surface area contributed by atoms with Crippen molar-refractivity contribution < 1.29 is 4.79 Å². The van der Waals surface area contributed by atoms with Gasteiger partial charge in [0.25, 0.3) is 0 Å². The van der Waals surface area contributed by atoms with Gasteiger partial charge >= 0.3 is 0 Å². The molecule has 202 valence electrons. The Balaban J connectivity index is 1.15. The molecular weight excluding hydrogens is 516 g/mol. The van der Waals surface area contributed by atoms with E-state index >= 15 is 0 Å². The van der Waals surface area contributed by atoms with E-state index in [2.05, 4.69) is 56.2 Å². The average molecular weight is 547 g/mol. The van der Waals surface area contributed by atoms with Crippen LogP contribution in [-0.2, 0) is 16.9 Å². The molecule has 0 unspecified atom stereocenters. The van der Waals surface area contributed by atoms with E-state index in [-0.39, 0.29) is 12.5 Å². The second-order valence-corrected chi connectivity index (χ2v) is 10.8. The molecule has 0 aromatic carbocycles. The molecule has 4 aromatic heterocycles. The number of piperazine rings is 1. The van der Waals surface area contributed by atoms with E-state index in [4.69, 9.17) is 4.98 Å². The predicted octanol–water partition coefficient (Wildman–Crippen LogP) is 1.37. The van der Waals surface area contributed by atoms with E-state index < -0.39 is 5.54 Å². The molecule has 4 aromatic rings. The van der Waals surface area contributed by atoms with Gasteiger partial charge in [-0.3, -0.25) is 14.2 Å². The summed E-state index contributed by atoms with van der Waals surface area (Å²) in [5, 5.41) is 26.8. The third kappa shape index (κ3) is 4.79. The first kappa shape index (κ1) is 25.2. The summed E-state index contributed by atoms with van der Waals surface area (Å²) < 4.78 is 5.24. The number of pyridine rings is 1. The maximum Gasteiger partial charge on any atom is 0.247 e. The zero-order valence-corrected chi connectivity index (χ0v) is 22.8. The Morgan fingerprint density at radius 3 is 2.72 bits per heavy atom. The van der Waals surface area contributed by atoms with Crippen LogP contribution in [0.3, 0.4) is 0 Å². The summed E-state index contributed by atoms with van der Waals surface area (Å²) in [6, 6.07) is 6.26. The maximum atomic E-state index is 12.7. The number of nitriles is 1. The first-order valence-corrected chi connectivity index (χ1v) is 13.3. The number of rotatable bonds is 7. The molecule has 2 saturated heterocycles. The molecule has 0 atom stereocenters. The third-order valence-corrected chi connectivity index (χ3v) is 7.90. The molecule has 0 aliphatic carbocycles. The number of carbonyl (C=O) groups is 1. The number of nitrogens with one attached hydrogen (secondary N) is 1. The van der Waals surface area contributed by atoms with E-state index in [0.29, 0.717) is 41.8 Å². The third-order valence-electron chi connectivity index (χ3n) is 7.46. The number of anilines is 3. The minimum atomic E-state index is -0.412. The standard InChI is InChI=1S/C25H30N12OS/c1-18-13-37(30-23(18)39)25(5-6-26)16-34(17-25)20-4-3-7-36-22(20)29-24(31-36)28-19-12-27-35(14-19)15-21(38)33-10-8-32(2)9-11-33/h3-4,7,12-14H,5,8-11,15-17H2,1-2H3,(H,28,31)(H,30,39). The molecule has 14 heteroatoms. The smallest absolute Gasteiger partial charge is 0.247 e. The van der Waals surface area contributed by atoms with Gasteiger partial charge < -0.3 is 20.0 Å². The second-order valence-electron chi connectivity index (χ2n) is 10.3. The van der Waals surface area contributed by atoms with Crippen LogP contribution in [0, 0.1) is 18.3 Å². The lowest BCUT2D eigenvalue weighted by Crippen LogP contribution is -2.63. The number of hydrogen-bond acceptors (Lipinski definition) is 10. The number of thiol groups is 1. The summed E-state index contributed by atoms with van der Waals surface area (Å²) in [6.45, 7) is 6.64. The van der Waals surface area contributed by atoms with E-state index in [0.717, 1.165) is 37.4 Å². The molecule has 1 N–H and O–H groups in total. The SMILES string of the molecule is Cc1cn(C2(CC#N)CN(c3cccn4nc(Nc5cnn(CC(=O)N6CCN(C)CC6)c5)nc34)C2)nc1S. The number of carbonyl (C=O) groups excluding carboxylic acids is 1. The molecule has 0 saturated carbocycles. The summed E-state index contributed by atoms with van der Waals surface area (Å²) in [5.74, 6) is 0.491.